The second-order valence-electron chi connectivity index (χ2n) is 4.43. The van der Waals surface area contributed by atoms with E-state index in [1.807, 2.05) is 41.5 Å². The zero-order chi connectivity index (χ0) is 9.94. The second kappa shape index (κ2) is 4.04. The lowest BCUT2D eigenvalue weighted by molar-refractivity contribution is -0.141. The maximum atomic E-state index is 11.4. The molecule has 0 aromatic rings. The minimum absolute atomic E-state index is 0.0577. The van der Waals surface area contributed by atoms with Gasteiger partial charge in [-0.25, -0.2) is 0 Å². The van der Waals surface area contributed by atoms with Gasteiger partial charge in [-0.2, -0.15) is 0 Å². The van der Waals surface area contributed by atoms with Crippen LogP contribution in [-0.4, -0.2) is 17.5 Å². The molecular weight excluding hydrogens is 152 g/mol. The fraction of sp³-hybridized carbons (Fsp3) is 0.900. The molecule has 0 aliphatic heterocycles. The predicted octanol–water partition coefficient (Wildman–Crippen LogP) is 2.42. The average molecular weight is 172 g/mol. The predicted molar refractivity (Wildman–Crippen MR) is 50.1 cm³/mol. The topological polar surface area (TPSA) is 26.3 Å². The smallest absolute Gasteiger partial charge is 0.163 e. The Morgan fingerprint density at radius 1 is 1.17 bits per heavy atom. The third kappa shape index (κ3) is 4.50. The Morgan fingerprint density at radius 2 is 1.58 bits per heavy atom. The highest BCUT2D eigenvalue weighted by atomic mass is 16.5. The summed E-state index contributed by atoms with van der Waals surface area (Å²) in [5.74, 6) is 0.229. The molecule has 2 nitrogen and oxygen atoms in total. The lowest BCUT2D eigenvalue weighted by Gasteiger charge is -2.25. The first-order chi connectivity index (χ1) is 5.24. The summed E-state index contributed by atoms with van der Waals surface area (Å²) < 4.78 is 5.51. The second-order valence-corrected chi connectivity index (χ2v) is 4.43. The van der Waals surface area contributed by atoms with Crippen molar-refractivity contribution in [3.05, 3.63) is 0 Å². The monoisotopic (exact) mass is 172 g/mol. The van der Waals surface area contributed by atoms with Crippen molar-refractivity contribution in [2.45, 2.75) is 53.2 Å². The Labute approximate surface area is 75.3 Å². The normalized spacial score (nSPS) is 14.9. The number of ketones is 1. The largest absolute Gasteiger partial charge is 0.365 e. The summed E-state index contributed by atoms with van der Waals surface area (Å²) >= 11 is 0. The lowest BCUT2D eigenvalue weighted by atomic mass is 10.0. The van der Waals surface area contributed by atoms with Gasteiger partial charge < -0.3 is 4.74 Å². The molecule has 72 valence electrons. The van der Waals surface area contributed by atoms with Crippen LogP contribution in [0.5, 0.6) is 0 Å². The van der Waals surface area contributed by atoms with Crippen molar-refractivity contribution in [2.24, 2.45) is 5.92 Å². The van der Waals surface area contributed by atoms with Gasteiger partial charge in [0.15, 0.2) is 5.78 Å². The molecule has 0 amide bonds. The molecule has 0 unspecified atom stereocenters. The van der Waals surface area contributed by atoms with Crippen molar-refractivity contribution in [3.8, 4) is 0 Å². The third-order valence-electron chi connectivity index (χ3n) is 1.50. The summed E-state index contributed by atoms with van der Waals surface area (Å²) in [6.45, 7) is 11.5. The van der Waals surface area contributed by atoms with Gasteiger partial charge in [-0.1, -0.05) is 13.8 Å². The maximum Gasteiger partial charge on any atom is 0.163 e. The Bertz CT molecular complexity index is 154. The van der Waals surface area contributed by atoms with Crippen LogP contribution in [-0.2, 0) is 9.53 Å². The molecule has 2 heteroatoms. The van der Waals surface area contributed by atoms with Crippen LogP contribution >= 0.6 is 0 Å². The fourth-order valence-corrected chi connectivity index (χ4v) is 1.06. The quantitative estimate of drug-likeness (QED) is 0.653. The first-order valence-corrected chi connectivity index (χ1v) is 4.45. The number of carbonyl (C=O) groups excluding carboxylic acids is 1. The van der Waals surface area contributed by atoms with E-state index in [9.17, 15) is 4.79 Å². The zero-order valence-electron chi connectivity index (χ0n) is 8.97. The molecule has 0 heterocycles. The van der Waals surface area contributed by atoms with E-state index in [-0.39, 0.29) is 23.4 Å². The SMILES string of the molecule is CC(C)C(=O)[C@@H](C)OC(C)(C)C. The van der Waals surface area contributed by atoms with Crippen LogP contribution in [0.1, 0.15) is 41.5 Å². The Morgan fingerprint density at radius 3 is 1.83 bits per heavy atom. The van der Waals surface area contributed by atoms with Crippen molar-refractivity contribution in [1.82, 2.24) is 0 Å². The van der Waals surface area contributed by atoms with Gasteiger partial charge in [0.25, 0.3) is 0 Å². The van der Waals surface area contributed by atoms with E-state index in [4.69, 9.17) is 4.74 Å². The van der Waals surface area contributed by atoms with E-state index in [1.54, 1.807) is 0 Å². The van der Waals surface area contributed by atoms with Gasteiger partial charge in [0.1, 0.15) is 6.10 Å². The van der Waals surface area contributed by atoms with Crippen LogP contribution < -0.4 is 0 Å². The van der Waals surface area contributed by atoms with E-state index >= 15 is 0 Å². The Balaban J connectivity index is 4.05. The highest BCUT2D eigenvalue weighted by Crippen LogP contribution is 2.13. The van der Waals surface area contributed by atoms with Crippen molar-refractivity contribution < 1.29 is 9.53 Å². The zero-order valence-corrected chi connectivity index (χ0v) is 8.97. The van der Waals surface area contributed by atoms with Gasteiger partial charge in [-0.05, 0) is 27.7 Å². The molecule has 0 N–H and O–H groups in total. The van der Waals surface area contributed by atoms with Crippen LogP contribution in [0.4, 0.5) is 0 Å². The molecule has 0 aromatic carbocycles. The summed E-state index contributed by atoms with van der Waals surface area (Å²) in [4.78, 5) is 11.4. The number of hydrogen-bond acceptors (Lipinski definition) is 2. The molecular formula is C10H20O2. The van der Waals surface area contributed by atoms with Gasteiger partial charge in [0.2, 0.25) is 0 Å². The van der Waals surface area contributed by atoms with Crippen LogP contribution in [0.2, 0.25) is 0 Å². The molecule has 0 bridgehead atoms. The van der Waals surface area contributed by atoms with Gasteiger partial charge in [-0.3, -0.25) is 4.79 Å². The van der Waals surface area contributed by atoms with Crippen LogP contribution in [0.3, 0.4) is 0 Å². The summed E-state index contributed by atoms with van der Waals surface area (Å²) in [5.41, 5.74) is -0.232. The molecule has 0 saturated heterocycles. The summed E-state index contributed by atoms with van der Waals surface area (Å²) in [5, 5.41) is 0. The minimum atomic E-state index is -0.287. The third-order valence-corrected chi connectivity index (χ3v) is 1.50. The average Bonchev–Trinajstić information content (AvgIpc) is 1.82. The van der Waals surface area contributed by atoms with Crippen molar-refractivity contribution in [1.29, 1.82) is 0 Å². The molecule has 0 radical (unpaired) electrons. The number of hydrogen-bond donors (Lipinski definition) is 0. The van der Waals surface area contributed by atoms with Crippen LogP contribution in [0, 0.1) is 5.92 Å². The first-order valence-electron chi connectivity index (χ1n) is 4.45. The van der Waals surface area contributed by atoms with Gasteiger partial charge in [0, 0.05) is 5.92 Å². The molecule has 0 aliphatic carbocycles. The number of Topliss-reactive ketones (excluding diaryl/α,β-unsaturated/α-hetero) is 1. The van der Waals surface area contributed by atoms with Crippen molar-refractivity contribution in [2.75, 3.05) is 0 Å². The molecule has 0 aromatic heterocycles. The van der Waals surface area contributed by atoms with E-state index < -0.39 is 0 Å². The summed E-state index contributed by atoms with van der Waals surface area (Å²) in [7, 11) is 0. The fourth-order valence-electron chi connectivity index (χ4n) is 1.06. The molecule has 0 rings (SSSR count). The Kier molecular flexibility index (Phi) is 3.91. The standard InChI is InChI=1S/C10H20O2/c1-7(2)9(11)8(3)12-10(4,5)6/h7-8H,1-6H3/t8-/m1/s1. The van der Waals surface area contributed by atoms with Crippen LogP contribution in [0.25, 0.3) is 0 Å². The van der Waals surface area contributed by atoms with Crippen molar-refractivity contribution in [3.63, 3.8) is 0 Å². The molecule has 0 spiro atoms. The number of carbonyl (C=O) groups is 1. The van der Waals surface area contributed by atoms with E-state index in [0.29, 0.717) is 0 Å². The number of ether oxygens (including phenoxy) is 1. The first kappa shape index (κ1) is 11.6. The van der Waals surface area contributed by atoms with E-state index in [1.165, 1.54) is 0 Å². The maximum absolute atomic E-state index is 11.4. The molecule has 0 saturated carbocycles. The van der Waals surface area contributed by atoms with Gasteiger partial charge in [0.05, 0.1) is 5.60 Å². The Hall–Kier alpha value is -0.370. The highest BCUT2D eigenvalue weighted by molar-refractivity contribution is 5.84. The molecule has 1 atom stereocenters. The lowest BCUT2D eigenvalue weighted by Crippen LogP contribution is -2.33. The number of rotatable bonds is 3. The molecule has 12 heavy (non-hydrogen) atoms. The van der Waals surface area contributed by atoms with Gasteiger partial charge >= 0.3 is 0 Å². The van der Waals surface area contributed by atoms with Crippen molar-refractivity contribution >= 4 is 5.78 Å². The minimum Gasteiger partial charge on any atom is -0.365 e. The molecule has 0 aliphatic rings. The summed E-state index contributed by atoms with van der Waals surface area (Å²) in [6, 6.07) is 0. The van der Waals surface area contributed by atoms with E-state index in [0.717, 1.165) is 0 Å². The van der Waals surface area contributed by atoms with Gasteiger partial charge in [-0.15, -0.1) is 0 Å². The summed E-state index contributed by atoms with van der Waals surface area (Å²) in [6.07, 6.45) is -0.287. The molecule has 0 fully saturated rings. The van der Waals surface area contributed by atoms with E-state index in [2.05, 4.69) is 0 Å². The highest BCUT2D eigenvalue weighted by Gasteiger charge is 2.22. The van der Waals surface area contributed by atoms with Crippen LogP contribution in [0.15, 0.2) is 0 Å².